The maximum Gasteiger partial charge on any atom is 0.306 e. The largest absolute Gasteiger partial charge is 0.463 e. The van der Waals surface area contributed by atoms with Crippen LogP contribution in [0.2, 0.25) is 0 Å². The molecule has 4 heterocycles. The zero-order valence-corrected chi connectivity index (χ0v) is 25.3. The van der Waals surface area contributed by atoms with Gasteiger partial charge in [0.15, 0.2) is 0 Å². The molecule has 10 heteroatoms. The number of amides is 3. The van der Waals surface area contributed by atoms with E-state index in [0.29, 0.717) is 19.4 Å². The van der Waals surface area contributed by atoms with Crippen LogP contribution in [0, 0.1) is 17.8 Å². The summed E-state index contributed by atoms with van der Waals surface area (Å²) in [5, 5.41) is 13.5. The predicted octanol–water partition coefficient (Wildman–Crippen LogP) is 2.53. The molecule has 1 spiro atoms. The summed E-state index contributed by atoms with van der Waals surface area (Å²) in [7, 11) is 0. The highest BCUT2D eigenvalue weighted by molar-refractivity contribution is 6.00. The Morgan fingerprint density at radius 2 is 1.79 bits per heavy atom. The van der Waals surface area contributed by atoms with Crippen molar-refractivity contribution in [2.45, 2.75) is 82.8 Å². The minimum absolute atomic E-state index is 0.0578. The van der Waals surface area contributed by atoms with Crippen LogP contribution in [0.25, 0.3) is 0 Å². The highest BCUT2D eigenvalue weighted by Crippen LogP contribution is 2.53. The van der Waals surface area contributed by atoms with Crippen LogP contribution in [0.15, 0.2) is 54.6 Å². The first kappa shape index (κ1) is 30.9. The first-order valence-electron chi connectivity index (χ1n) is 15.4. The van der Waals surface area contributed by atoms with Crippen molar-refractivity contribution in [1.29, 1.82) is 0 Å². The average Bonchev–Trinajstić information content (AvgIpc) is 3.36. The highest BCUT2D eigenvalue weighted by Gasteiger charge is 2.72. The summed E-state index contributed by atoms with van der Waals surface area (Å²) in [5.74, 6) is -3.25. The lowest BCUT2D eigenvalue weighted by molar-refractivity contribution is -0.152. The van der Waals surface area contributed by atoms with Gasteiger partial charge >= 0.3 is 5.97 Å². The van der Waals surface area contributed by atoms with Crippen LogP contribution >= 0.6 is 0 Å². The molecule has 2 N–H and O–H groups in total. The molecule has 7 atom stereocenters. The summed E-state index contributed by atoms with van der Waals surface area (Å²) in [6.07, 6.45) is 7.37. The van der Waals surface area contributed by atoms with Crippen molar-refractivity contribution >= 4 is 23.7 Å². The number of fused-ring (bicyclic) bond motifs is 2. The Kier molecular flexibility index (Phi) is 9.08. The molecule has 232 valence electrons. The molecule has 0 unspecified atom stereocenters. The smallest absolute Gasteiger partial charge is 0.306 e. The van der Waals surface area contributed by atoms with Crippen molar-refractivity contribution in [3.63, 3.8) is 0 Å². The van der Waals surface area contributed by atoms with Crippen LogP contribution in [0.5, 0.6) is 0 Å². The van der Waals surface area contributed by atoms with E-state index < -0.39 is 47.6 Å². The Morgan fingerprint density at radius 3 is 2.47 bits per heavy atom. The number of benzene rings is 1. The molecule has 10 nitrogen and oxygen atoms in total. The second kappa shape index (κ2) is 12.6. The lowest BCUT2D eigenvalue weighted by Gasteiger charge is -2.39. The van der Waals surface area contributed by atoms with Crippen molar-refractivity contribution in [2.24, 2.45) is 17.8 Å². The number of aliphatic hydroxyl groups excluding tert-OH is 1. The van der Waals surface area contributed by atoms with Gasteiger partial charge in [0.2, 0.25) is 17.7 Å². The monoisotopic (exact) mass is 593 g/mol. The van der Waals surface area contributed by atoms with Gasteiger partial charge in [-0.25, -0.2) is 0 Å². The standard InChI is InChI=1S/C33H43N3O7/c1-20(2)17-23(18-37)36-29-32(41)35(21(3)4)16-10-15-33(29)28(31(36)40)27-25(43-33)13-8-9-14-26(38)42-19-24(34-30(27)39)22-11-6-5-7-12-22/h5-8,10-13,15,20-21,23-25,27-29,37H,9,14,16-19H2,1-4H3,(H,34,39)/b13-8-/t23-,24+,25-,27+,28+,29-,33+/m1/s1. The molecule has 4 aliphatic rings. The van der Waals surface area contributed by atoms with Crippen molar-refractivity contribution < 1.29 is 33.8 Å². The molecule has 0 bridgehead atoms. The number of nitrogens with one attached hydrogen (secondary N) is 1. The molecule has 2 fully saturated rings. The number of hydrogen-bond donors (Lipinski definition) is 2. The number of ether oxygens (including phenoxy) is 2. The summed E-state index contributed by atoms with van der Waals surface area (Å²) >= 11 is 0. The number of allylic oxidation sites excluding steroid dienone is 1. The molecule has 43 heavy (non-hydrogen) atoms. The second-order valence-corrected chi connectivity index (χ2v) is 12.7. The van der Waals surface area contributed by atoms with Crippen LogP contribution in [0.4, 0.5) is 0 Å². The van der Waals surface area contributed by atoms with E-state index in [-0.39, 0.29) is 49.4 Å². The van der Waals surface area contributed by atoms with Gasteiger partial charge in [0.05, 0.1) is 36.6 Å². The van der Waals surface area contributed by atoms with Gasteiger partial charge in [-0.05, 0) is 38.2 Å². The predicted molar refractivity (Wildman–Crippen MR) is 158 cm³/mol. The van der Waals surface area contributed by atoms with Crippen LogP contribution in [0.1, 0.15) is 58.6 Å². The molecule has 0 saturated carbocycles. The number of esters is 1. The van der Waals surface area contributed by atoms with Gasteiger partial charge in [-0.3, -0.25) is 19.2 Å². The Bertz CT molecular complexity index is 1280. The van der Waals surface area contributed by atoms with Crippen LogP contribution in [0.3, 0.4) is 0 Å². The van der Waals surface area contributed by atoms with E-state index in [9.17, 15) is 24.3 Å². The third kappa shape index (κ3) is 5.74. The number of cyclic esters (lactones) is 1. The number of carbonyl (C=O) groups is 4. The number of rotatable bonds is 6. The summed E-state index contributed by atoms with van der Waals surface area (Å²) in [6.45, 7) is 7.82. The van der Waals surface area contributed by atoms with Crippen molar-refractivity contribution in [3.05, 3.63) is 60.2 Å². The summed E-state index contributed by atoms with van der Waals surface area (Å²) in [4.78, 5) is 58.8. The molecule has 2 saturated heterocycles. The molecular weight excluding hydrogens is 550 g/mol. The third-order valence-corrected chi connectivity index (χ3v) is 9.01. The van der Waals surface area contributed by atoms with E-state index in [2.05, 4.69) is 5.32 Å². The normalized spacial score (nSPS) is 32.8. The van der Waals surface area contributed by atoms with Crippen LogP contribution in [-0.4, -0.2) is 88.2 Å². The van der Waals surface area contributed by atoms with Gasteiger partial charge in [0.1, 0.15) is 18.2 Å². The van der Waals surface area contributed by atoms with Gasteiger partial charge in [-0.1, -0.05) is 68.5 Å². The quantitative estimate of drug-likeness (QED) is 0.384. The molecule has 5 rings (SSSR count). The molecule has 1 aromatic carbocycles. The fourth-order valence-corrected chi connectivity index (χ4v) is 7.07. The van der Waals surface area contributed by atoms with E-state index in [1.165, 1.54) is 4.90 Å². The first-order chi connectivity index (χ1) is 20.6. The number of likely N-dealkylation sites (tertiary alicyclic amines) is 1. The molecular formula is C33H43N3O7. The number of hydrogen-bond acceptors (Lipinski definition) is 7. The lowest BCUT2D eigenvalue weighted by Crippen LogP contribution is -2.59. The van der Waals surface area contributed by atoms with E-state index >= 15 is 0 Å². The molecule has 3 amide bonds. The fourth-order valence-electron chi connectivity index (χ4n) is 7.07. The van der Waals surface area contributed by atoms with Gasteiger partial charge in [-0.15, -0.1) is 0 Å². The average molecular weight is 594 g/mol. The van der Waals surface area contributed by atoms with E-state index in [1.807, 2.05) is 64.1 Å². The van der Waals surface area contributed by atoms with E-state index in [0.717, 1.165) is 5.56 Å². The van der Waals surface area contributed by atoms with Crippen molar-refractivity contribution in [1.82, 2.24) is 15.1 Å². The zero-order chi connectivity index (χ0) is 30.9. The molecule has 0 aromatic heterocycles. The summed E-state index contributed by atoms with van der Waals surface area (Å²) < 4.78 is 12.3. The Morgan fingerprint density at radius 1 is 1.05 bits per heavy atom. The Hall–Kier alpha value is -3.50. The van der Waals surface area contributed by atoms with E-state index in [1.54, 1.807) is 23.1 Å². The Balaban J connectivity index is 1.62. The number of aliphatic hydroxyl groups is 1. The SMILES string of the molecule is CC(C)C[C@H](CO)N1C(=O)[C@@H]2[C@H]3C(=O)N[C@H](c4ccccc4)COC(=O)CC/C=C\[C@H]3O[C@@]23C=CCN(C(C)C)C(=O)[C@@H]13. The number of nitrogens with zero attached hydrogens (tertiary/aromatic N) is 2. The van der Waals surface area contributed by atoms with Gasteiger partial charge in [0, 0.05) is 19.0 Å². The highest BCUT2D eigenvalue weighted by atomic mass is 16.5. The second-order valence-electron chi connectivity index (χ2n) is 12.7. The zero-order valence-electron chi connectivity index (χ0n) is 25.3. The van der Waals surface area contributed by atoms with E-state index in [4.69, 9.17) is 9.47 Å². The first-order valence-corrected chi connectivity index (χ1v) is 15.4. The van der Waals surface area contributed by atoms with Crippen LogP contribution < -0.4 is 5.32 Å². The maximum absolute atomic E-state index is 14.6. The van der Waals surface area contributed by atoms with Gasteiger partial charge in [-0.2, -0.15) is 0 Å². The maximum atomic E-state index is 14.6. The third-order valence-electron chi connectivity index (χ3n) is 9.01. The molecule has 1 aromatic rings. The lowest BCUT2D eigenvalue weighted by atomic mass is 9.77. The minimum atomic E-state index is -1.41. The molecule has 0 radical (unpaired) electrons. The Labute approximate surface area is 253 Å². The molecule has 0 aliphatic carbocycles. The van der Waals surface area contributed by atoms with Crippen molar-refractivity contribution in [2.75, 3.05) is 19.8 Å². The van der Waals surface area contributed by atoms with Gasteiger partial charge < -0.3 is 29.7 Å². The molecule has 4 aliphatic heterocycles. The minimum Gasteiger partial charge on any atom is -0.463 e. The summed E-state index contributed by atoms with van der Waals surface area (Å²) in [5.41, 5.74) is -0.651. The number of carbonyl (C=O) groups excluding carboxylic acids is 4. The van der Waals surface area contributed by atoms with Crippen molar-refractivity contribution in [3.8, 4) is 0 Å². The summed E-state index contributed by atoms with van der Waals surface area (Å²) in [6, 6.07) is 6.80. The fraction of sp³-hybridized carbons (Fsp3) is 0.576. The topological polar surface area (TPSA) is 125 Å². The van der Waals surface area contributed by atoms with Crippen LogP contribution in [-0.2, 0) is 28.7 Å². The van der Waals surface area contributed by atoms with Gasteiger partial charge in [0.25, 0.3) is 0 Å².